The lowest BCUT2D eigenvalue weighted by Gasteiger charge is -2.06. The number of aromatic nitrogens is 1. The molecule has 9 heteroatoms. The molecule has 3 aromatic rings. The van der Waals surface area contributed by atoms with E-state index in [0.29, 0.717) is 21.7 Å². The topological polar surface area (TPSA) is 102 Å². The summed E-state index contributed by atoms with van der Waals surface area (Å²) in [5.74, 6) is -1.01. The molecule has 0 radical (unpaired) electrons. The van der Waals surface area contributed by atoms with E-state index in [2.05, 4.69) is 10.2 Å². The number of fused-ring (bicyclic) bond motifs is 1. The number of carbonyl (C=O) groups excluding carboxylic acids is 2. The smallest absolute Gasteiger partial charge is 0.326 e. The summed E-state index contributed by atoms with van der Waals surface area (Å²) in [5, 5.41) is 19.0. The Morgan fingerprint density at radius 3 is 2.72 bits per heavy atom. The van der Waals surface area contributed by atoms with Crippen LogP contribution in [0.1, 0.15) is 6.92 Å². The Balaban J connectivity index is 1.79. The van der Waals surface area contributed by atoms with E-state index in [9.17, 15) is 14.7 Å². The lowest BCUT2D eigenvalue weighted by molar-refractivity contribution is -0.143. The highest BCUT2D eigenvalue weighted by molar-refractivity contribution is 6.30. The van der Waals surface area contributed by atoms with Gasteiger partial charge in [0.15, 0.2) is 12.3 Å². The summed E-state index contributed by atoms with van der Waals surface area (Å²) < 4.78 is 11.6. The summed E-state index contributed by atoms with van der Waals surface area (Å²) >= 11 is 5.86. The fourth-order valence-corrected chi connectivity index (χ4v) is 2.88. The number of aromatic hydroxyl groups is 1. The van der Waals surface area contributed by atoms with Gasteiger partial charge in [-0.2, -0.15) is 0 Å². The van der Waals surface area contributed by atoms with Crippen molar-refractivity contribution in [3.63, 3.8) is 0 Å². The summed E-state index contributed by atoms with van der Waals surface area (Å²) in [6.07, 6.45) is 0. The van der Waals surface area contributed by atoms with Crippen LogP contribution in [0, 0.1) is 0 Å². The Morgan fingerprint density at radius 2 is 1.97 bits per heavy atom. The second-order valence-electron chi connectivity index (χ2n) is 5.92. The van der Waals surface area contributed by atoms with Crippen LogP contribution in [0.5, 0.6) is 11.6 Å². The van der Waals surface area contributed by atoms with Gasteiger partial charge < -0.3 is 14.6 Å². The molecule has 0 saturated heterocycles. The lowest BCUT2D eigenvalue weighted by atomic mass is 10.2. The van der Waals surface area contributed by atoms with E-state index in [1.54, 1.807) is 55.5 Å². The maximum absolute atomic E-state index is 12.0. The number of ether oxygens (including phenoxy) is 2. The molecule has 0 aliphatic heterocycles. The first-order valence-corrected chi connectivity index (χ1v) is 9.16. The molecule has 0 aliphatic rings. The SMILES string of the molecule is CCOC(=O)Cn1c(O)c(N=NC(=O)COc2cccc(Cl)c2)c2ccccc21. The van der Waals surface area contributed by atoms with Gasteiger partial charge in [0.1, 0.15) is 12.3 Å². The van der Waals surface area contributed by atoms with Crippen LogP contribution in [0.2, 0.25) is 5.02 Å². The molecule has 0 atom stereocenters. The van der Waals surface area contributed by atoms with E-state index in [1.165, 1.54) is 4.57 Å². The molecular formula is C20H18ClN3O5. The Kier molecular flexibility index (Phi) is 6.46. The Bertz CT molecular complexity index is 1080. The number of hydrogen-bond acceptors (Lipinski definition) is 6. The van der Waals surface area contributed by atoms with Crippen molar-refractivity contribution in [3.05, 3.63) is 53.6 Å². The molecular weight excluding hydrogens is 398 g/mol. The van der Waals surface area contributed by atoms with Crippen molar-refractivity contribution in [1.82, 2.24) is 4.57 Å². The molecule has 0 unspecified atom stereocenters. The maximum Gasteiger partial charge on any atom is 0.326 e. The number of hydrogen-bond donors (Lipinski definition) is 1. The number of azo groups is 1. The minimum absolute atomic E-state index is 0.0843. The number of rotatable bonds is 7. The molecule has 0 aliphatic carbocycles. The molecule has 2 aromatic carbocycles. The monoisotopic (exact) mass is 415 g/mol. The van der Waals surface area contributed by atoms with Gasteiger partial charge in [0.05, 0.1) is 12.1 Å². The van der Waals surface area contributed by atoms with Crippen molar-refractivity contribution in [2.24, 2.45) is 10.2 Å². The van der Waals surface area contributed by atoms with E-state index in [1.807, 2.05) is 0 Å². The first-order chi connectivity index (χ1) is 14.0. The highest BCUT2D eigenvalue weighted by atomic mass is 35.5. The van der Waals surface area contributed by atoms with Gasteiger partial charge in [-0.1, -0.05) is 35.9 Å². The minimum atomic E-state index is -0.647. The van der Waals surface area contributed by atoms with E-state index >= 15 is 0 Å². The zero-order valence-corrected chi connectivity index (χ0v) is 16.3. The summed E-state index contributed by atoms with van der Waals surface area (Å²) in [7, 11) is 0. The average molecular weight is 416 g/mol. The third-order valence-electron chi connectivity index (χ3n) is 3.93. The first-order valence-electron chi connectivity index (χ1n) is 8.78. The molecule has 1 heterocycles. The van der Waals surface area contributed by atoms with Gasteiger partial charge in [0.25, 0.3) is 0 Å². The molecule has 0 spiro atoms. The highest BCUT2D eigenvalue weighted by Gasteiger charge is 2.19. The molecule has 150 valence electrons. The van der Waals surface area contributed by atoms with Crippen LogP contribution in [0.4, 0.5) is 5.69 Å². The number of amides is 1. The van der Waals surface area contributed by atoms with Crippen molar-refractivity contribution in [2.75, 3.05) is 13.2 Å². The van der Waals surface area contributed by atoms with Crippen LogP contribution >= 0.6 is 11.6 Å². The van der Waals surface area contributed by atoms with E-state index in [-0.39, 0.29) is 31.3 Å². The summed E-state index contributed by atoms with van der Waals surface area (Å²) in [6.45, 7) is 1.39. The van der Waals surface area contributed by atoms with E-state index in [0.717, 1.165) is 0 Å². The highest BCUT2D eigenvalue weighted by Crippen LogP contribution is 2.38. The van der Waals surface area contributed by atoms with Crippen LogP contribution in [-0.4, -0.2) is 34.8 Å². The van der Waals surface area contributed by atoms with Gasteiger partial charge in [-0.25, -0.2) is 0 Å². The van der Waals surface area contributed by atoms with Crippen LogP contribution < -0.4 is 4.74 Å². The lowest BCUT2D eigenvalue weighted by Crippen LogP contribution is -2.12. The molecule has 1 amide bonds. The molecule has 0 fully saturated rings. The quantitative estimate of drug-likeness (QED) is 0.459. The molecule has 0 bridgehead atoms. The number of para-hydroxylation sites is 1. The fraction of sp³-hybridized carbons (Fsp3) is 0.200. The van der Waals surface area contributed by atoms with Gasteiger partial charge in [-0.3, -0.25) is 14.2 Å². The Hall–Kier alpha value is -3.39. The predicted molar refractivity (Wildman–Crippen MR) is 107 cm³/mol. The Labute approximate surface area is 171 Å². The summed E-state index contributed by atoms with van der Waals surface area (Å²) in [6, 6.07) is 13.5. The molecule has 1 N–H and O–H groups in total. The number of nitrogens with zero attached hydrogens (tertiary/aromatic N) is 3. The van der Waals surface area contributed by atoms with Gasteiger partial charge in [-0.15, -0.1) is 10.2 Å². The Morgan fingerprint density at radius 1 is 1.17 bits per heavy atom. The molecule has 0 saturated carbocycles. The largest absolute Gasteiger partial charge is 0.493 e. The third kappa shape index (κ3) is 4.91. The van der Waals surface area contributed by atoms with Gasteiger partial charge >= 0.3 is 11.9 Å². The van der Waals surface area contributed by atoms with Crippen molar-refractivity contribution in [2.45, 2.75) is 13.5 Å². The standard InChI is InChI=1S/C20H18ClN3O5/c1-2-28-18(26)11-24-16-9-4-3-8-15(16)19(20(24)27)23-22-17(25)12-29-14-7-5-6-13(21)10-14/h3-10,27H,2,11-12H2,1H3. The second-order valence-corrected chi connectivity index (χ2v) is 6.36. The summed E-state index contributed by atoms with van der Waals surface area (Å²) in [5.41, 5.74) is 0.649. The van der Waals surface area contributed by atoms with E-state index in [4.69, 9.17) is 21.1 Å². The van der Waals surface area contributed by atoms with Crippen molar-refractivity contribution in [3.8, 4) is 11.6 Å². The van der Waals surface area contributed by atoms with Crippen LogP contribution in [0.25, 0.3) is 10.9 Å². The fourth-order valence-electron chi connectivity index (χ4n) is 2.70. The molecule has 29 heavy (non-hydrogen) atoms. The normalized spacial score (nSPS) is 11.1. The zero-order chi connectivity index (χ0) is 20.8. The average Bonchev–Trinajstić information content (AvgIpc) is 2.96. The van der Waals surface area contributed by atoms with Gasteiger partial charge in [0.2, 0.25) is 5.88 Å². The van der Waals surface area contributed by atoms with E-state index < -0.39 is 11.9 Å². The summed E-state index contributed by atoms with van der Waals surface area (Å²) in [4.78, 5) is 23.9. The second kappa shape index (κ2) is 9.20. The van der Waals surface area contributed by atoms with Crippen LogP contribution in [0.3, 0.4) is 0 Å². The minimum Gasteiger partial charge on any atom is -0.493 e. The number of esters is 1. The van der Waals surface area contributed by atoms with Crippen molar-refractivity contribution >= 4 is 40.1 Å². The van der Waals surface area contributed by atoms with Crippen LogP contribution in [0.15, 0.2) is 58.8 Å². The molecule has 8 nitrogen and oxygen atoms in total. The van der Waals surface area contributed by atoms with Crippen molar-refractivity contribution < 1.29 is 24.2 Å². The predicted octanol–water partition coefficient (Wildman–Crippen LogP) is 4.25. The zero-order valence-electron chi connectivity index (χ0n) is 15.5. The number of carbonyl (C=O) groups is 2. The van der Waals surface area contributed by atoms with Gasteiger partial charge in [-0.05, 0) is 31.2 Å². The van der Waals surface area contributed by atoms with Gasteiger partial charge in [0, 0.05) is 10.4 Å². The van der Waals surface area contributed by atoms with Crippen LogP contribution in [-0.2, 0) is 20.9 Å². The first kappa shape index (κ1) is 20.3. The maximum atomic E-state index is 12.0. The molecule has 1 aromatic heterocycles. The third-order valence-corrected chi connectivity index (χ3v) is 4.17. The number of halogens is 1. The van der Waals surface area contributed by atoms with Crippen molar-refractivity contribution in [1.29, 1.82) is 0 Å². The molecule has 3 rings (SSSR count). The number of benzene rings is 2.